The lowest BCUT2D eigenvalue weighted by Gasteiger charge is -2.16. The normalized spacial score (nSPS) is 16.2. The maximum absolute atomic E-state index is 13.9. The van der Waals surface area contributed by atoms with Crippen LogP contribution in [0.1, 0.15) is 48.7 Å². The minimum Gasteiger partial charge on any atom is -0.309 e. The van der Waals surface area contributed by atoms with Gasteiger partial charge in [0.2, 0.25) is 0 Å². The first kappa shape index (κ1) is 14.5. The van der Waals surface area contributed by atoms with E-state index in [0.717, 1.165) is 18.7 Å². The first-order chi connectivity index (χ1) is 10.1. The third-order valence-corrected chi connectivity index (χ3v) is 5.17. The predicted octanol–water partition coefficient (Wildman–Crippen LogP) is 4.21. The molecule has 0 amide bonds. The molecule has 21 heavy (non-hydrogen) atoms. The fourth-order valence-electron chi connectivity index (χ4n) is 2.42. The van der Waals surface area contributed by atoms with E-state index in [9.17, 15) is 8.78 Å². The van der Waals surface area contributed by atoms with Crippen molar-refractivity contribution in [3.05, 3.63) is 41.2 Å². The lowest BCUT2D eigenvalue weighted by atomic mass is 10.1. The van der Waals surface area contributed by atoms with Gasteiger partial charge >= 0.3 is 0 Å². The summed E-state index contributed by atoms with van der Waals surface area (Å²) >= 11 is 1.37. The first-order valence-corrected chi connectivity index (χ1v) is 7.99. The van der Waals surface area contributed by atoms with Crippen molar-refractivity contribution in [3.63, 3.8) is 0 Å². The molecular weight excluding hydrogens is 292 g/mol. The molecule has 2 aromatic rings. The second kappa shape index (κ2) is 5.75. The number of hydrogen-bond donors (Lipinski definition) is 0. The smallest absolute Gasteiger partial charge is 0.191 e. The fourth-order valence-corrected chi connectivity index (χ4v) is 3.52. The van der Waals surface area contributed by atoms with Gasteiger partial charge in [0.1, 0.15) is 17.5 Å². The summed E-state index contributed by atoms with van der Waals surface area (Å²) in [6.45, 7) is 1.92. The summed E-state index contributed by atoms with van der Waals surface area (Å²) in [5.41, 5.74) is 0.126. The molecule has 1 fully saturated rings. The topological polar surface area (TPSA) is 30.7 Å². The van der Waals surface area contributed by atoms with E-state index in [1.165, 1.54) is 30.0 Å². The van der Waals surface area contributed by atoms with Gasteiger partial charge in [-0.1, -0.05) is 24.8 Å². The summed E-state index contributed by atoms with van der Waals surface area (Å²) in [5, 5.41) is 8.80. The zero-order valence-corrected chi connectivity index (χ0v) is 12.8. The number of hydrogen-bond acceptors (Lipinski definition) is 3. The maximum atomic E-state index is 13.9. The standard InChI is InChI=1S/C15H17F2N3S/c1-3-12(13-10(16)5-4-6-11(13)17)21-15-19-18-14(20(15)2)9-7-8-9/h4-6,9,12H,3,7-8H2,1-2H3. The van der Waals surface area contributed by atoms with Crippen molar-refractivity contribution in [3.8, 4) is 0 Å². The quantitative estimate of drug-likeness (QED) is 0.775. The van der Waals surface area contributed by atoms with Gasteiger partial charge in [0.05, 0.1) is 0 Å². The Hall–Kier alpha value is -1.43. The van der Waals surface area contributed by atoms with Crippen LogP contribution in [0.15, 0.2) is 23.4 Å². The van der Waals surface area contributed by atoms with Gasteiger partial charge in [0, 0.05) is 23.8 Å². The highest BCUT2D eigenvalue weighted by Gasteiger charge is 2.30. The van der Waals surface area contributed by atoms with Crippen molar-refractivity contribution in [2.75, 3.05) is 0 Å². The molecular formula is C15H17F2N3S. The molecule has 6 heteroatoms. The van der Waals surface area contributed by atoms with Gasteiger partial charge in [-0.25, -0.2) is 8.78 Å². The van der Waals surface area contributed by atoms with E-state index in [-0.39, 0.29) is 10.8 Å². The average molecular weight is 309 g/mol. The highest BCUT2D eigenvalue weighted by molar-refractivity contribution is 7.99. The van der Waals surface area contributed by atoms with Crippen LogP contribution in [0.2, 0.25) is 0 Å². The molecule has 0 spiro atoms. The molecule has 1 aromatic carbocycles. The Morgan fingerprint density at radius 1 is 1.29 bits per heavy atom. The second-order valence-corrected chi connectivity index (χ2v) is 6.49. The molecule has 0 radical (unpaired) electrons. The summed E-state index contributed by atoms with van der Waals surface area (Å²) in [4.78, 5) is 0. The Morgan fingerprint density at radius 3 is 2.52 bits per heavy atom. The summed E-state index contributed by atoms with van der Waals surface area (Å²) in [6, 6.07) is 3.99. The Labute approximate surface area is 126 Å². The van der Waals surface area contributed by atoms with Crippen LogP contribution in [0.5, 0.6) is 0 Å². The lowest BCUT2D eigenvalue weighted by Crippen LogP contribution is -2.03. The molecule has 0 saturated heterocycles. The van der Waals surface area contributed by atoms with Gasteiger partial charge in [-0.15, -0.1) is 10.2 Å². The maximum Gasteiger partial charge on any atom is 0.191 e. The third-order valence-electron chi connectivity index (χ3n) is 3.75. The molecule has 1 atom stereocenters. The van der Waals surface area contributed by atoms with Crippen molar-refractivity contribution >= 4 is 11.8 Å². The number of thioether (sulfide) groups is 1. The third kappa shape index (κ3) is 2.81. The van der Waals surface area contributed by atoms with Crippen LogP contribution in [0.4, 0.5) is 8.78 Å². The number of rotatable bonds is 5. The number of halogens is 2. The lowest BCUT2D eigenvalue weighted by molar-refractivity contribution is 0.550. The van der Waals surface area contributed by atoms with Gasteiger partial charge < -0.3 is 4.57 Å². The van der Waals surface area contributed by atoms with Crippen molar-refractivity contribution in [2.24, 2.45) is 7.05 Å². The molecule has 1 aromatic heterocycles. The van der Waals surface area contributed by atoms with Crippen LogP contribution < -0.4 is 0 Å². The van der Waals surface area contributed by atoms with E-state index in [4.69, 9.17) is 0 Å². The van der Waals surface area contributed by atoms with E-state index >= 15 is 0 Å². The second-order valence-electron chi connectivity index (χ2n) is 5.32. The van der Waals surface area contributed by atoms with Crippen molar-refractivity contribution < 1.29 is 8.78 Å². The van der Waals surface area contributed by atoms with Crippen LogP contribution in [-0.4, -0.2) is 14.8 Å². The summed E-state index contributed by atoms with van der Waals surface area (Å²) in [7, 11) is 1.92. The van der Waals surface area contributed by atoms with Gasteiger partial charge in [-0.2, -0.15) is 0 Å². The molecule has 0 bridgehead atoms. The molecule has 1 aliphatic carbocycles. The van der Waals surface area contributed by atoms with Crippen LogP contribution in [0, 0.1) is 11.6 Å². The van der Waals surface area contributed by atoms with Gasteiger partial charge in [-0.3, -0.25) is 0 Å². The monoisotopic (exact) mass is 309 g/mol. The number of benzene rings is 1. The van der Waals surface area contributed by atoms with E-state index in [1.54, 1.807) is 0 Å². The van der Waals surface area contributed by atoms with E-state index in [0.29, 0.717) is 17.5 Å². The van der Waals surface area contributed by atoms with Gasteiger partial charge in [0.15, 0.2) is 5.16 Å². The largest absolute Gasteiger partial charge is 0.309 e. The van der Waals surface area contributed by atoms with Crippen LogP contribution in [0.25, 0.3) is 0 Å². The molecule has 3 rings (SSSR count). The molecule has 0 aliphatic heterocycles. The molecule has 112 valence electrons. The zero-order valence-electron chi connectivity index (χ0n) is 12.0. The highest BCUT2D eigenvalue weighted by atomic mass is 32.2. The summed E-state index contributed by atoms with van der Waals surface area (Å²) in [5.74, 6) is 0.473. The summed E-state index contributed by atoms with van der Waals surface area (Å²) in [6.07, 6.45) is 2.92. The number of aromatic nitrogens is 3. The zero-order chi connectivity index (χ0) is 15.0. The summed E-state index contributed by atoms with van der Waals surface area (Å²) < 4.78 is 29.8. The first-order valence-electron chi connectivity index (χ1n) is 7.11. The minimum atomic E-state index is -0.501. The molecule has 1 unspecified atom stereocenters. The van der Waals surface area contributed by atoms with E-state index in [2.05, 4.69) is 10.2 Å². The predicted molar refractivity (Wildman–Crippen MR) is 78.2 cm³/mol. The van der Waals surface area contributed by atoms with Gasteiger partial charge in [-0.05, 0) is 31.4 Å². The van der Waals surface area contributed by atoms with E-state index < -0.39 is 11.6 Å². The Bertz CT molecular complexity index is 632. The van der Waals surface area contributed by atoms with Crippen molar-refractivity contribution in [1.82, 2.24) is 14.8 Å². The molecule has 1 heterocycles. The SMILES string of the molecule is CCC(Sc1nnc(C2CC2)n1C)c1c(F)cccc1F. The average Bonchev–Trinajstić information content (AvgIpc) is 3.23. The Balaban J connectivity index is 1.88. The van der Waals surface area contributed by atoms with E-state index in [1.807, 2.05) is 18.5 Å². The Kier molecular flexibility index (Phi) is 3.97. The molecule has 1 aliphatic rings. The number of nitrogens with zero attached hydrogens (tertiary/aromatic N) is 3. The van der Waals surface area contributed by atoms with Gasteiger partial charge in [0.25, 0.3) is 0 Å². The van der Waals surface area contributed by atoms with Crippen LogP contribution in [0.3, 0.4) is 0 Å². The van der Waals surface area contributed by atoms with Crippen LogP contribution >= 0.6 is 11.8 Å². The highest BCUT2D eigenvalue weighted by Crippen LogP contribution is 2.42. The Morgan fingerprint density at radius 2 is 1.95 bits per heavy atom. The fraction of sp³-hybridized carbons (Fsp3) is 0.467. The molecule has 3 nitrogen and oxygen atoms in total. The van der Waals surface area contributed by atoms with Crippen molar-refractivity contribution in [1.29, 1.82) is 0 Å². The minimum absolute atomic E-state index is 0.126. The molecule has 1 saturated carbocycles. The van der Waals surface area contributed by atoms with Crippen molar-refractivity contribution in [2.45, 2.75) is 42.5 Å². The molecule has 0 N–H and O–H groups in total. The van der Waals surface area contributed by atoms with Crippen LogP contribution in [-0.2, 0) is 7.05 Å².